The topological polar surface area (TPSA) is 119 Å². The molecular formula is C21H33NO6S. The van der Waals surface area contributed by atoms with Crippen molar-refractivity contribution in [2.45, 2.75) is 50.3 Å². The van der Waals surface area contributed by atoms with Crippen LogP contribution in [0.2, 0.25) is 0 Å². The van der Waals surface area contributed by atoms with E-state index in [9.17, 15) is 9.59 Å². The molecule has 0 amide bonds. The van der Waals surface area contributed by atoms with Gasteiger partial charge in [-0.25, -0.2) is 9.59 Å². The Labute approximate surface area is 177 Å². The van der Waals surface area contributed by atoms with Crippen molar-refractivity contribution in [3.05, 3.63) is 29.8 Å². The van der Waals surface area contributed by atoms with E-state index in [2.05, 4.69) is 19.1 Å². The van der Waals surface area contributed by atoms with Crippen molar-refractivity contribution in [1.29, 1.82) is 0 Å². The van der Waals surface area contributed by atoms with E-state index >= 15 is 0 Å². The average molecular weight is 428 g/mol. The highest BCUT2D eigenvalue weighted by Crippen LogP contribution is 2.36. The molecule has 1 aromatic carbocycles. The van der Waals surface area contributed by atoms with Crippen LogP contribution in [0.4, 0.5) is 0 Å². The first-order valence-electron chi connectivity index (χ1n) is 9.61. The summed E-state index contributed by atoms with van der Waals surface area (Å²) in [6, 6.07) is 4.14. The molecule has 1 aromatic rings. The molecule has 0 fully saturated rings. The van der Waals surface area contributed by atoms with Crippen LogP contribution in [0, 0.1) is 0 Å². The average Bonchev–Trinajstić information content (AvgIpc) is 2.70. The van der Waals surface area contributed by atoms with Gasteiger partial charge in [0.2, 0.25) is 0 Å². The normalized spacial score (nSPS) is 10.3. The maximum atomic E-state index is 9.55. The lowest BCUT2D eigenvalue weighted by Crippen LogP contribution is -2.05. The molecule has 0 aliphatic carbocycles. The number of rotatable bonds is 13. The van der Waals surface area contributed by atoms with Gasteiger partial charge >= 0.3 is 11.9 Å². The molecule has 1 rings (SSSR count). The maximum absolute atomic E-state index is 9.55. The molecule has 0 heterocycles. The first-order valence-corrected chi connectivity index (χ1v) is 10.6. The summed E-state index contributed by atoms with van der Waals surface area (Å²) in [5, 5.41) is 15.6. The number of carboxylic acids is 2. The number of thioether (sulfide) groups is 1. The maximum Gasteiger partial charge on any atom is 0.328 e. The Bertz CT molecular complexity index is 632. The van der Waals surface area contributed by atoms with E-state index in [0.29, 0.717) is 18.7 Å². The van der Waals surface area contributed by atoms with Crippen LogP contribution < -0.4 is 15.2 Å². The van der Waals surface area contributed by atoms with Crippen molar-refractivity contribution >= 4 is 23.7 Å². The molecular weight excluding hydrogens is 394 g/mol. The van der Waals surface area contributed by atoms with Crippen molar-refractivity contribution in [2.24, 2.45) is 5.73 Å². The Morgan fingerprint density at radius 3 is 2.07 bits per heavy atom. The largest absolute Gasteiger partial charge is 0.496 e. The molecule has 0 aromatic heterocycles. The first kappa shape index (κ1) is 26.8. The van der Waals surface area contributed by atoms with Gasteiger partial charge in [0.1, 0.15) is 11.5 Å². The van der Waals surface area contributed by atoms with Gasteiger partial charge in [-0.15, -0.1) is 11.8 Å². The van der Waals surface area contributed by atoms with Crippen LogP contribution in [0.1, 0.15) is 44.6 Å². The number of hydrogen-bond donors (Lipinski definition) is 3. The third-order valence-corrected chi connectivity index (χ3v) is 4.98. The molecule has 29 heavy (non-hydrogen) atoms. The van der Waals surface area contributed by atoms with Crippen LogP contribution in [0.25, 0.3) is 0 Å². The Hall–Kier alpha value is -2.19. The summed E-state index contributed by atoms with van der Waals surface area (Å²) in [6.07, 6.45) is 8.46. The highest BCUT2D eigenvalue weighted by molar-refractivity contribution is 7.99. The van der Waals surface area contributed by atoms with E-state index in [0.717, 1.165) is 34.1 Å². The van der Waals surface area contributed by atoms with Crippen LogP contribution in [-0.4, -0.2) is 48.7 Å². The fourth-order valence-electron chi connectivity index (χ4n) is 2.43. The van der Waals surface area contributed by atoms with Crippen LogP contribution >= 0.6 is 11.8 Å². The highest BCUT2D eigenvalue weighted by Gasteiger charge is 2.11. The number of ether oxygens (including phenoxy) is 2. The van der Waals surface area contributed by atoms with Gasteiger partial charge in [-0.2, -0.15) is 0 Å². The number of benzene rings is 1. The number of carboxylic acid groups (broad SMARTS) is 2. The summed E-state index contributed by atoms with van der Waals surface area (Å²) < 4.78 is 11.0. The van der Waals surface area contributed by atoms with Crippen molar-refractivity contribution in [3.8, 4) is 11.5 Å². The summed E-state index contributed by atoms with van der Waals surface area (Å²) in [7, 11) is 3.43. The van der Waals surface area contributed by atoms with E-state index < -0.39 is 11.9 Å². The SMILES string of the molecule is CCCCCCCSc1cc(OC)c(CCN)cc1OC.O=C(O)/C=C/C(=O)O. The molecule has 8 heteroatoms. The first-order chi connectivity index (χ1) is 13.9. The zero-order valence-electron chi connectivity index (χ0n) is 17.5. The summed E-state index contributed by atoms with van der Waals surface area (Å²) in [5.41, 5.74) is 6.77. The molecule has 0 radical (unpaired) electrons. The standard InChI is InChI=1S/C17H29NO2S.C4H4O4/c1-4-5-6-7-8-11-21-17-13-15(19-2)14(9-10-18)12-16(17)20-3;5-3(6)1-2-4(7)8/h12-13H,4-11,18H2,1-3H3;1-2H,(H,5,6)(H,7,8)/b;2-1+. The van der Waals surface area contributed by atoms with Crippen molar-refractivity contribution in [3.63, 3.8) is 0 Å². The quantitative estimate of drug-likeness (QED) is 0.246. The number of carbonyl (C=O) groups is 2. The third kappa shape index (κ3) is 12.8. The number of nitrogens with two attached hydrogens (primary N) is 1. The molecule has 7 nitrogen and oxygen atoms in total. The molecule has 0 saturated carbocycles. The molecule has 4 N–H and O–H groups in total. The van der Waals surface area contributed by atoms with E-state index in [-0.39, 0.29) is 0 Å². The monoisotopic (exact) mass is 427 g/mol. The van der Waals surface area contributed by atoms with Crippen LogP contribution in [0.3, 0.4) is 0 Å². The smallest absolute Gasteiger partial charge is 0.328 e. The number of hydrogen-bond acceptors (Lipinski definition) is 6. The predicted molar refractivity (Wildman–Crippen MR) is 116 cm³/mol. The molecule has 0 atom stereocenters. The molecule has 0 aliphatic rings. The van der Waals surface area contributed by atoms with Gasteiger partial charge in [0, 0.05) is 12.2 Å². The summed E-state index contributed by atoms with van der Waals surface area (Å²) in [4.78, 5) is 20.3. The van der Waals surface area contributed by atoms with Gasteiger partial charge in [-0.3, -0.25) is 0 Å². The van der Waals surface area contributed by atoms with Gasteiger partial charge in [0.05, 0.1) is 19.1 Å². The van der Waals surface area contributed by atoms with Crippen molar-refractivity contribution < 1.29 is 29.3 Å². The Balaban J connectivity index is 0.000000828. The van der Waals surface area contributed by atoms with Crippen molar-refractivity contribution in [1.82, 2.24) is 0 Å². The van der Waals surface area contributed by atoms with E-state index in [1.807, 2.05) is 11.8 Å². The van der Waals surface area contributed by atoms with Gasteiger partial charge in [-0.1, -0.05) is 32.6 Å². The lowest BCUT2D eigenvalue weighted by Gasteiger charge is -2.14. The fraction of sp³-hybridized carbons (Fsp3) is 0.524. The van der Waals surface area contributed by atoms with E-state index in [1.54, 1.807) is 14.2 Å². The molecule has 0 spiro atoms. The highest BCUT2D eigenvalue weighted by atomic mass is 32.2. The lowest BCUT2D eigenvalue weighted by atomic mass is 10.1. The second kappa shape index (κ2) is 16.7. The minimum absolute atomic E-state index is 0.558. The number of aliphatic carboxylic acids is 2. The zero-order chi connectivity index (χ0) is 22.1. The molecule has 0 unspecified atom stereocenters. The Morgan fingerprint density at radius 2 is 1.59 bits per heavy atom. The molecule has 0 saturated heterocycles. The summed E-state index contributed by atoms with van der Waals surface area (Å²) in [5.74, 6) is 0.451. The van der Waals surface area contributed by atoms with Crippen LogP contribution in [-0.2, 0) is 16.0 Å². The summed E-state index contributed by atoms with van der Waals surface area (Å²) in [6.45, 7) is 2.86. The summed E-state index contributed by atoms with van der Waals surface area (Å²) >= 11 is 1.85. The predicted octanol–water partition coefficient (Wildman–Crippen LogP) is 3.98. The van der Waals surface area contributed by atoms with E-state index in [4.69, 9.17) is 25.4 Å². The minimum atomic E-state index is -1.26. The third-order valence-electron chi connectivity index (χ3n) is 3.85. The second-order valence-electron chi connectivity index (χ2n) is 6.13. The van der Waals surface area contributed by atoms with E-state index in [1.165, 1.54) is 32.1 Å². The fourth-order valence-corrected chi connectivity index (χ4v) is 3.47. The second-order valence-corrected chi connectivity index (χ2v) is 7.26. The minimum Gasteiger partial charge on any atom is -0.496 e. The molecule has 0 bridgehead atoms. The van der Waals surface area contributed by atoms with Crippen LogP contribution in [0.15, 0.2) is 29.2 Å². The Kier molecular flexibility index (Phi) is 15.5. The van der Waals surface area contributed by atoms with Gasteiger partial charge in [0.15, 0.2) is 0 Å². The van der Waals surface area contributed by atoms with Gasteiger partial charge in [-0.05, 0) is 42.8 Å². The zero-order valence-corrected chi connectivity index (χ0v) is 18.3. The van der Waals surface area contributed by atoms with Gasteiger partial charge in [0.25, 0.3) is 0 Å². The molecule has 0 aliphatic heterocycles. The lowest BCUT2D eigenvalue weighted by molar-refractivity contribution is -0.134. The van der Waals surface area contributed by atoms with Crippen LogP contribution in [0.5, 0.6) is 11.5 Å². The number of unbranched alkanes of at least 4 members (excludes halogenated alkanes) is 4. The van der Waals surface area contributed by atoms with Crippen molar-refractivity contribution in [2.75, 3.05) is 26.5 Å². The number of methoxy groups -OCH3 is 2. The molecule has 164 valence electrons. The van der Waals surface area contributed by atoms with Gasteiger partial charge < -0.3 is 25.4 Å². The Morgan fingerprint density at radius 1 is 1.00 bits per heavy atom.